The molecule has 0 spiro atoms. The van der Waals surface area contributed by atoms with Gasteiger partial charge in [-0.1, -0.05) is 65.3 Å². The van der Waals surface area contributed by atoms with Gasteiger partial charge in [-0.3, -0.25) is 4.79 Å². The van der Waals surface area contributed by atoms with Gasteiger partial charge in [-0.05, 0) is 13.0 Å². The molecule has 2 aromatic heterocycles. The summed E-state index contributed by atoms with van der Waals surface area (Å²) in [4.78, 5) is 26.3. The van der Waals surface area contributed by atoms with Crippen LogP contribution in [0.25, 0.3) is 22.5 Å². The molecule has 0 saturated carbocycles. The Kier molecular flexibility index (Phi) is 5.79. The smallest absolute Gasteiger partial charge is 0.259 e. The van der Waals surface area contributed by atoms with E-state index in [9.17, 15) is 4.79 Å². The maximum absolute atomic E-state index is 13.4. The molecule has 0 radical (unpaired) electrons. The van der Waals surface area contributed by atoms with Crippen LogP contribution in [0.3, 0.4) is 0 Å². The van der Waals surface area contributed by atoms with Crippen molar-refractivity contribution in [1.82, 2.24) is 20.0 Å². The predicted molar refractivity (Wildman–Crippen MR) is 127 cm³/mol. The minimum absolute atomic E-state index is 0.101. The summed E-state index contributed by atoms with van der Waals surface area (Å²) >= 11 is 6.35. The molecule has 1 saturated heterocycles. The van der Waals surface area contributed by atoms with Crippen LogP contribution in [0.5, 0.6) is 0 Å². The molecule has 0 aliphatic carbocycles. The Labute approximate surface area is 196 Å². The second-order valence-corrected chi connectivity index (χ2v) is 8.26. The van der Waals surface area contributed by atoms with Crippen LogP contribution in [-0.4, -0.2) is 52.1 Å². The molecule has 0 N–H and O–H groups in total. The zero-order chi connectivity index (χ0) is 22.8. The summed E-state index contributed by atoms with van der Waals surface area (Å²) < 4.78 is 5.38. The van der Waals surface area contributed by atoms with Gasteiger partial charge in [0.2, 0.25) is 0 Å². The van der Waals surface area contributed by atoms with Crippen molar-refractivity contribution >= 4 is 23.3 Å². The first kappa shape index (κ1) is 21.2. The van der Waals surface area contributed by atoms with Crippen LogP contribution >= 0.6 is 11.6 Å². The monoisotopic (exact) mass is 459 g/mol. The number of hydrogen-bond acceptors (Lipinski definition) is 6. The van der Waals surface area contributed by atoms with Crippen molar-refractivity contribution in [2.75, 3.05) is 31.1 Å². The first-order valence-corrected chi connectivity index (χ1v) is 11.1. The van der Waals surface area contributed by atoms with E-state index in [1.165, 1.54) is 0 Å². The van der Waals surface area contributed by atoms with Crippen molar-refractivity contribution in [2.45, 2.75) is 6.92 Å². The van der Waals surface area contributed by atoms with Gasteiger partial charge in [-0.2, -0.15) is 0 Å². The highest BCUT2D eigenvalue weighted by atomic mass is 35.5. The third-order valence-electron chi connectivity index (χ3n) is 5.82. The van der Waals surface area contributed by atoms with Crippen molar-refractivity contribution in [3.63, 3.8) is 0 Å². The lowest BCUT2D eigenvalue weighted by molar-refractivity contribution is 0.0745. The zero-order valence-electron chi connectivity index (χ0n) is 18.1. The second kappa shape index (κ2) is 9.03. The number of benzene rings is 2. The van der Waals surface area contributed by atoms with Gasteiger partial charge in [0.25, 0.3) is 5.91 Å². The highest BCUT2D eigenvalue weighted by molar-refractivity contribution is 6.33. The van der Waals surface area contributed by atoms with Crippen LogP contribution in [0.15, 0.2) is 71.5 Å². The second-order valence-electron chi connectivity index (χ2n) is 7.85. The number of aromatic nitrogens is 3. The largest absolute Gasteiger partial charge is 0.360 e. The number of carbonyl (C=O) groups is 1. The molecule has 0 unspecified atom stereocenters. The molecule has 4 aromatic rings. The minimum Gasteiger partial charge on any atom is -0.360 e. The molecule has 1 aliphatic rings. The molecule has 1 fully saturated rings. The number of hydrogen-bond donors (Lipinski definition) is 0. The molecule has 1 aliphatic heterocycles. The van der Waals surface area contributed by atoms with Crippen LogP contribution in [0.4, 0.5) is 5.82 Å². The van der Waals surface area contributed by atoms with Crippen molar-refractivity contribution in [3.05, 3.63) is 83.3 Å². The lowest BCUT2D eigenvalue weighted by Gasteiger charge is -2.35. The molecule has 2 aromatic carbocycles. The van der Waals surface area contributed by atoms with Gasteiger partial charge < -0.3 is 14.3 Å². The van der Waals surface area contributed by atoms with Crippen LogP contribution in [0.2, 0.25) is 5.02 Å². The lowest BCUT2D eigenvalue weighted by atomic mass is 10.0. The third kappa shape index (κ3) is 4.19. The molecule has 7 nitrogen and oxygen atoms in total. The number of nitrogens with zero attached hydrogens (tertiary/aromatic N) is 5. The van der Waals surface area contributed by atoms with Crippen LogP contribution in [0, 0.1) is 6.92 Å². The Morgan fingerprint density at radius 2 is 1.70 bits per heavy atom. The highest BCUT2D eigenvalue weighted by Crippen LogP contribution is 2.32. The summed E-state index contributed by atoms with van der Waals surface area (Å²) in [7, 11) is 0. The molecule has 33 heavy (non-hydrogen) atoms. The fourth-order valence-corrected chi connectivity index (χ4v) is 4.27. The Morgan fingerprint density at radius 3 is 2.45 bits per heavy atom. The summed E-state index contributed by atoms with van der Waals surface area (Å²) in [5.41, 5.74) is 3.56. The van der Waals surface area contributed by atoms with Gasteiger partial charge >= 0.3 is 0 Å². The molecule has 3 heterocycles. The van der Waals surface area contributed by atoms with Crippen LogP contribution in [0.1, 0.15) is 16.1 Å². The number of aryl methyl sites for hydroxylation is 1. The molecular weight excluding hydrogens is 438 g/mol. The van der Waals surface area contributed by atoms with E-state index in [4.69, 9.17) is 16.1 Å². The van der Waals surface area contributed by atoms with Crippen molar-refractivity contribution in [3.8, 4) is 22.5 Å². The summed E-state index contributed by atoms with van der Waals surface area (Å²) in [6.07, 6.45) is 1.59. The Hall–Kier alpha value is -3.71. The topological polar surface area (TPSA) is 75.4 Å². The number of carbonyl (C=O) groups excluding carboxylic acids is 1. The minimum atomic E-state index is -0.101. The Bertz CT molecular complexity index is 1280. The third-order valence-corrected chi connectivity index (χ3v) is 6.15. The summed E-state index contributed by atoms with van der Waals surface area (Å²) in [6.45, 7) is 4.22. The predicted octanol–water partition coefficient (Wildman–Crippen LogP) is 4.72. The molecule has 0 bridgehead atoms. The lowest BCUT2D eigenvalue weighted by Crippen LogP contribution is -2.49. The molecule has 1 amide bonds. The Balaban J connectivity index is 1.32. The number of rotatable bonds is 4. The van der Waals surface area contributed by atoms with E-state index in [1.54, 1.807) is 19.3 Å². The number of halogens is 1. The zero-order valence-corrected chi connectivity index (χ0v) is 18.9. The van der Waals surface area contributed by atoms with Crippen LogP contribution in [-0.2, 0) is 0 Å². The molecule has 0 atom stereocenters. The van der Waals surface area contributed by atoms with Gasteiger partial charge in [-0.25, -0.2) is 9.97 Å². The summed E-state index contributed by atoms with van der Waals surface area (Å²) in [5, 5.41) is 4.66. The highest BCUT2D eigenvalue weighted by Gasteiger charge is 2.29. The fraction of sp³-hybridized carbons (Fsp3) is 0.200. The first-order chi connectivity index (χ1) is 16.1. The average Bonchev–Trinajstić information content (AvgIpc) is 3.25. The van der Waals surface area contributed by atoms with Crippen molar-refractivity contribution in [1.29, 1.82) is 0 Å². The normalized spacial score (nSPS) is 13.9. The van der Waals surface area contributed by atoms with Crippen molar-refractivity contribution in [2.24, 2.45) is 0 Å². The molecule has 5 rings (SSSR count). The molecule has 166 valence electrons. The van der Waals surface area contributed by atoms with E-state index in [0.717, 1.165) is 17.1 Å². The number of piperazine rings is 1. The summed E-state index contributed by atoms with van der Waals surface area (Å²) in [5.74, 6) is 1.24. The van der Waals surface area contributed by atoms with E-state index >= 15 is 0 Å². The molecule has 8 heteroatoms. The van der Waals surface area contributed by atoms with Gasteiger partial charge in [0.1, 0.15) is 29.2 Å². The molecular formula is C25H22ClN5O2. The van der Waals surface area contributed by atoms with Gasteiger partial charge in [0.15, 0.2) is 0 Å². The van der Waals surface area contributed by atoms with E-state index < -0.39 is 0 Å². The average molecular weight is 460 g/mol. The van der Waals surface area contributed by atoms with E-state index in [2.05, 4.69) is 20.0 Å². The Morgan fingerprint density at radius 1 is 0.970 bits per heavy atom. The fourth-order valence-electron chi connectivity index (χ4n) is 4.04. The van der Waals surface area contributed by atoms with Crippen molar-refractivity contribution < 1.29 is 9.32 Å². The van der Waals surface area contributed by atoms with E-state index in [1.807, 2.05) is 59.5 Å². The summed E-state index contributed by atoms with van der Waals surface area (Å²) in [6, 6.07) is 19.3. The van der Waals surface area contributed by atoms with Gasteiger partial charge in [-0.15, -0.1) is 0 Å². The number of anilines is 1. The van der Waals surface area contributed by atoms with Crippen LogP contribution < -0.4 is 4.90 Å². The first-order valence-electron chi connectivity index (χ1n) is 10.7. The maximum atomic E-state index is 13.4. The number of amides is 1. The van der Waals surface area contributed by atoms with Gasteiger partial charge in [0, 0.05) is 43.4 Å². The standard InChI is InChI=1S/C25H22ClN5O2/c1-17-23(24(29-33-17)19-9-5-6-10-20(19)26)25(32)31-13-11-30(12-14-31)22-15-21(27-16-28-22)18-7-3-2-4-8-18/h2-10,15-16H,11-14H2,1H3. The maximum Gasteiger partial charge on any atom is 0.259 e. The SMILES string of the molecule is Cc1onc(-c2ccccc2Cl)c1C(=O)N1CCN(c2cc(-c3ccccc3)ncn2)CC1. The van der Waals surface area contributed by atoms with E-state index in [0.29, 0.717) is 53.8 Å². The quantitative estimate of drug-likeness (QED) is 0.439. The van der Waals surface area contributed by atoms with Gasteiger partial charge in [0.05, 0.1) is 10.7 Å². The van der Waals surface area contributed by atoms with E-state index in [-0.39, 0.29) is 5.91 Å².